The Balaban J connectivity index is 1.94. The highest BCUT2D eigenvalue weighted by atomic mass is 19.4. The molecule has 1 amide bonds. The van der Waals surface area contributed by atoms with Gasteiger partial charge in [-0.25, -0.2) is 9.40 Å². The second-order valence-corrected chi connectivity index (χ2v) is 6.50. The Morgan fingerprint density at radius 2 is 1.73 bits per heavy atom. The van der Waals surface area contributed by atoms with Gasteiger partial charge in [0.25, 0.3) is 0 Å². The van der Waals surface area contributed by atoms with E-state index < -0.39 is 29.3 Å². The number of hydrazine groups is 1. The fraction of sp³-hybridized carbons (Fsp3) is 0.250. The van der Waals surface area contributed by atoms with Crippen LogP contribution < -0.4 is 14.9 Å². The molecule has 0 saturated heterocycles. The molecule has 0 radical (unpaired) electrons. The molecule has 0 bridgehead atoms. The van der Waals surface area contributed by atoms with E-state index in [-0.39, 0.29) is 12.0 Å². The summed E-state index contributed by atoms with van der Waals surface area (Å²) in [5, 5.41) is 11.4. The lowest BCUT2D eigenvalue weighted by molar-refractivity contribution is -0.157. The Labute approximate surface area is 169 Å². The summed E-state index contributed by atoms with van der Waals surface area (Å²) in [5.74, 6) is -0.752. The maximum absolute atomic E-state index is 13.3. The number of hydrogen-bond donors (Lipinski definition) is 2. The van der Waals surface area contributed by atoms with Crippen LogP contribution in [0.2, 0.25) is 0 Å². The first-order valence-corrected chi connectivity index (χ1v) is 8.67. The number of allylic oxidation sites excluding steroid dienone is 1. The van der Waals surface area contributed by atoms with Crippen molar-refractivity contribution in [2.24, 2.45) is 0 Å². The molecule has 2 aromatic carbocycles. The number of carbonyl (C=O) groups excluding carboxylic acids is 1. The van der Waals surface area contributed by atoms with Gasteiger partial charge in [-0.2, -0.15) is 13.2 Å². The molecular weight excluding hydrogens is 408 g/mol. The molecule has 3 rings (SSSR count). The zero-order valence-electron chi connectivity index (χ0n) is 16.0. The largest absolute Gasteiger partial charge is 0.493 e. The average Bonchev–Trinajstić information content (AvgIpc) is 3.07. The minimum absolute atomic E-state index is 0.115. The Kier molecular flexibility index (Phi) is 5.62. The van der Waals surface area contributed by atoms with Crippen molar-refractivity contribution in [2.45, 2.75) is 18.3 Å². The number of halogens is 4. The van der Waals surface area contributed by atoms with Crippen molar-refractivity contribution in [3.63, 3.8) is 0 Å². The summed E-state index contributed by atoms with van der Waals surface area (Å²) in [6, 6.07) is 8.75. The van der Waals surface area contributed by atoms with Gasteiger partial charge in [0, 0.05) is 11.6 Å². The number of nitrogens with one attached hydrogen (secondary N) is 1. The number of methoxy groups -OCH3 is 2. The number of aliphatic hydroxyl groups is 1. The molecule has 160 valence electrons. The molecule has 30 heavy (non-hydrogen) atoms. The molecule has 0 fully saturated rings. The predicted octanol–water partition coefficient (Wildman–Crippen LogP) is 3.02. The van der Waals surface area contributed by atoms with E-state index in [0.29, 0.717) is 28.1 Å². The maximum Gasteiger partial charge on any atom is 0.432 e. The standard InChI is InChI=1S/C20H18F4N2O4/c1-29-15-8-3-12(9-16(15)30-2)10-18(27)26-19(28,11-17(25-26)20(22,23)24)13-4-6-14(21)7-5-13/h3-9,11,25,28H,10H2,1-2H3. The molecule has 1 aliphatic heterocycles. The summed E-state index contributed by atoms with van der Waals surface area (Å²) in [7, 11) is 2.84. The van der Waals surface area contributed by atoms with Crippen molar-refractivity contribution < 1.29 is 36.9 Å². The summed E-state index contributed by atoms with van der Waals surface area (Å²) in [4.78, 5) is 12.9. The smallest absolute Gasteiger partial charge is 0.432 e. The van der Waals surface area contributed by atoms with Gasteiger partial charge >= 0.3 is 6.18 Å². The summed E-state index contributed by atoms with van der Waals surface area (Å²) >= 11 is 0. The topological polar surface area (TPSA) is 71.0 Å². The lowest BCUT2D eigenvalue weighted by Crippen LogP contribution is -2.51. The quantitative estimate of drug-likeness (QED) is 0.720. The fourth-order valence-corrected chi connectivity index (χ4v) is 3.05. The number of ether oxygens (including phenoxy) is 2. The first kappa shape index (κ1) is 21.4. The summed E-state index contributed by atoms with van der Waals surface area (Å²) in [6.07, 6.45) is -4.71. The van der Waals surface area contributed by atoms with Crippen LogP contribution in [-0.4, -0.2) is 36.4 Å². The number of rotatable bonds is 5. The van der Waals surface area contributed by atoms with Gasteiger partial charge in [0.15, 0.2) is 11.5 Å². The lowest BCUT2D eigenvalue weighted by Gasteiger charge is -2.33. The lowest BCUT2D eigenvalue weighted by atomic mass is 10.0. The minimum Gasteiger partial charge on any atom is -0.493 e. The van der Waals surface area contributed by atoms with Crippen LogP contribution in [0.3, 0.4) is 0 Å². The maximum atomic E-state index is 13.3. The van der Waals surface area contributed by atoms with Crippen molar-refractivity contribution in [3.8, 4) is 11.5 Å². The minimum atomic E-state index is -4.84. The van der Waals surface area contributed by atoms with E-state index in [0.717, 1.165) is 24.3 Å². The van der Waals surface area contributed by atoms with E-state index in [2.05, 4.69) is 0 Å². The van der Waals surface area contributed by atoms with E-state index in [1.165, 1.54) is 20.3 Å². The van der Waals surface area contributed by atoms with Gasteiger partial charge in [0.2, 0.25) is 11.6 Å². The molecule has 2 aromatic rings. The van der Waals surface area contributed by atoms with Crippen molar-refractivity contribution in [1.29, 1.82) is 0 Å². The molecule has 1 heterocycles. The second kappa shape index (κ2) is 7.86. The van der Waals surface area contributed by atoms with Gasteiger partial charge in [-0.05, 0) is 29.8 Å². The molecular formula is C20H18F4N2O4. The van der Waals surface area contributed by atoms with Gasteiger partial charge in [0.1, 0.15) is 11.5 Å². The van der Waals surface area contributed by atoms with Crippen LogP contribution in [0.5, 0.6) is 11.5 Å². The zero-order valence-corrected chi connectivity index (χ0v) is 16.0. The molecule has 1 atom stereocenters. The average molecular weight is 426 g/mol. The second-order valence-electron chi connectivity index (χ2n) is 6.50. The molecule has 2 N–H and O–H groups in total. The van der Waals surface area contributed by atoms with Crippen LogP contribution in [0.25, 0.3) is 0 Å². The predicted molar refractivity (Wildman–Crippen MR) is 97.7 cm³/mol. The highest BCUT2D eigenvalue weighted by Crippen LogP contribution is 2.38. The SMILES string of the molecule is COc1ccc(CC(=O)N2NC(C(F)(F)F)=CC2(O)c2ccc(F)cc2)cc1OC. The van der Waals surface area contributed by atoms with Gasteiger partial charge in [-0.1, -0.05) is 18.2 Å². The molecule has 1 aliphatic rings. The molecule has 1 unspecified atom stereocenters. The zero-order chi connectivity index (χ0) is 22.1. The normalized spacial score (nSPS) is 18.6. The monoisotopic (exact) mass is 426 g/mol. The third-order valence-corrected chi connectivity index (χ3v) is 4.55. The summed E-state index contributed by atoms with van der Waals surface area (Å²) < 4.78 is 63.3. The molecule has 0 aromatic heterocycles. The summed E-state index contributed by atoms with van der Waals surface area (Å²) in [6.45, 7) is 0. The number of benzene rings is 2. The van der Waals surface area contributed by atoms with Gasteiger partial charge < -0.3 is 14.6 Å². The van der Waals surface area contributed by atoms with Crippen LogP contribution in [0.4, 0.5) is 17.6 Å². The first-order chi connectivity index (χ1) is 14.1. The molecule has 0 spiro atoms. The fourth-order valence-electron chi connectivity index (χ4n) is 3.05. The Hall–Kier alpha value is -3.27. The van der Waals surface area contributed by atoms with Crippen molar-refractivity contribution in [3.05, 3.63) is 71.2 Å². The van der Waals surface area contributed by atoms with E-state index in [1.807, 2.05) is 5.43 Å². The van der Waals surface area contributed by atoms with Gasteiger partial charge in [0.05, 0.1) is 20.6 Å². The van der Waals surface area contributed by atoms with E-state index in [4.69, 9.17) is 9.47 Å². The molecule has 0 aliphatic carbocycles. The van der Waals surface area contributed by atoms with Crippen molar-refractivity contribution in [1.82, 2.24) is 10.4 Å². The van der Waals surface area contributed by atoms with Crippen molar-refractivity contribution in [2.75, 3.05) is 14.2 Å². The molecule has 10 heteroatoms. The first-order valence-electron chi connectivity index (χ1n) is 8.67. The van der Waals surface area contributed by atoms with Gasteiger partial charge in [-0.15, -0.1) is 0 Å². The van der Waals surface area contributed by atoms with Crippen LogP contribution in [0.1, 0.15) is 11.1 Å². The highest BCUT2D eigenvalue weighted by Gasteiger charge is 2.50. The third kappa shape index (κ3) is 4.04. The number of nitrogens with zero attached hydrogens (tertiary/aromatic N) is 1. The Morgan fingerprint density at radius 3 is 2.30 bits per heavy atom. The highest BCUT2D eigenvalue weighted by molar-refractivity contribution is 5.80. The summed E-state index contributed by atoms with van der Waals surface area (Å²) in [5.41, 5.74) is -1.55. The van der Waals surface area contributed by atoms with E-state index in [1.54, 1.807) is 12.1 Å². The van der Waals surface area contributed by atoms with Crippen LogP contribution in [0, 0.1) is 5.82 Å². The molecule has 6 nitrogen and oxygen atoms in total. The number of alkyl halides is 3. The number of hydrogen-bond acceptors (Lipinski definition) is 5. The number of carbonyl (C=O) groups is 1. The third-order valence-electron chi connectivity index (χ3n) is 4.55. The Morgan fingerprint density at radius 1 is 1.10 bits per heavy atom. The van der Waals surface area contributed by atoms with Crippen molar-refractivity contribution >= 4 is 5.91 Å². The van der Waals surface area contributed by atoms with Crippen LogP contribution in [-0.2, 0) is 16.9 Å². The Bertz CT molecular complexity index is 976. The molecule has 0 saturated carbocycles. The van der Waals surface area contributed by atoms with E-state index >= 15 is 0 Å². The number of amides is 1. The van der Waals surface area contributed by atoms with Gasteiger partial charge in [-0.3, -0.25) is 10.2 Å². The van der Waals surface area contributed by atoms with Crippen LogP contribution in [0.15, 0.2) is 54.2 Å². The van der Waals surface area contributed by atoms with Crippen LogP contribution >= 0.6 is 0 Å². The van der Waals surface area contributed by atoms with E-state index in [9.17, 15) is 27.5 Å².